The standard InChI is InChI=1S/C9H5ClN4O/c10-6-1-4-5(2-11-6)14-8-7(4)9(15)13-3-12-8/h1-3H,(H2,12,13,14,15). The van der Waals surface area contributed by atoms with Crippen molar-refractivity contribution in [2.45, 2.75) is 0 Å². The van der Waals surface area contributed by atoms with E-state index in [0.717, 1.165) is 10.9 Å². The van der Waals surface area contributed by atoms with Gasteiger partial charge in [0.1, 0.15) is 10.8 Å². The van der Waals surface area contributed by atoms with E-state index in [2.05, 4.69) is 19.9 Å². The molecule has 0 saturated heterocycles. The molecule has 0 saturated carbocycles. The Hall–Kier alpha value is -1.88. The number of aromatic nitrogens is 4. The minimum Gasteiger partial charge on any atom is -0.338 e. The van der Waals surface area contributed by atoms with E-state index in [-0.39, 0.29) is 5.56 Å². The van der Waals surface area contributed by atoms with Crippen LogP contribution in [0.25, 0.3) is 21.9 Å². The van der Waals surface area contributed by atoms with Gasteiger partial charge in [0.25, 0.3) is 5.56 Å². The SMILES string of the molecule is O=c1[nH]cnc2[nH]c3cnc(Cl)cc3c12. The fourth-order valence-corrected chi connectivity index (χ4v) is 1.77. The molecule has 3 aromatic rings. The molecule has 0 aliphatic heterocycles. The van der Waals surface area contributed by atoms with Crippen molar-refractivity contribution in [2.24, 2.45) is 0 Å². The molecule has 0 radical (unpaired) electrons. The number of fused-ring (bicyclic) bond motifs is 3. The molecule has 0 unspecified atom stereocenters. The molecule has 0 aliphatic rings. The first-order valence-electron chi connectivity index (χ1n) is 4.26. The highest BCUT2D eigenvalue weighted by molar-refractivity contribution is 6.30. The Morgan fingerprint density at radius 2 is 2.20 bits per heavy atom. The molecule has 6 heteroatoms. The lowest BCUT2D eigenvalue weighted by atomic mass is 10.2. The Labute approximate surface area is 88.1 Å². The van der Waals surface area contributed by atoms with Gasteiger partial charge in [-0.3, -0.25) is 4.79 Å². The number of rotatable bonds is 0. The van der Waals surface area contributed by atoms with Crippen molar-refractivity contribution >= 4 is 33.5 Å². The molecule has 0 spiro atoms. The van der Waals surface area contributed by atoms with Crippen LogP contribution in [0.2, 0.25) is 5.15 Å². The number of halogens is 1. The van der Waals surface area contributed by atoms with Gasteiger partial charge in [-0.15, -0.1) is 0 Å². The van der Waals surface area contributed by atoms with Crippen LogP contribution in [-0.4, -0.2) is 19.9 Å². The Morgan fingerprint density at radius 3 is 3.07 bits per heavy atom. The first kappa shape index (κ1) is 8.43. The van der Waals surface area contributed by atoms with Crippen LogP contribution < -0.4 is 5.56 Å². The average molecular weight is 221 g/mol. The largest absolute Gasteiger partial charge is 0.338 e. The third-order valence-electron chi connectivity index (χ3n) is 2.25. The van der Waals surface area contributed by atoms with E-state index < -0.39 is 0 Å². The molecule has 0 aromatic carbocycles. The van der Waals surface area contributed by atoms with Gasteiger partial charge in [0.15, 0.2) is 0 Å². The van der Waals surface area contributed by atoms with Crippen molar-refractivity contribution < 1.29 is 0 Å². The number of aromatic amines is 2. The van der Waals surface area contributed by atoms with Gasteiger partial charge < -0.3 is 9.97 Å². The van der Waals surface area contributed by atoms with Crippen LogP contribution in [0.4, 0.5) is 0 Å². The Kier molecular flexibility index (Phi) is 1.58. The van der Waals surface area contributed by atoms with Crippen LogP contribution in [0, 0.1) is 0 Å². The lowest BCUT2D eigenvalue weighted by Gasteiger charge is -1.89. The topological polar surface area (TPSA) is 74.4 Å². The fraction of sp³-hybridized carbons (Fsp3) is 0. The van der Waals surface area contributed by atoms with Crippen molar-refractivity contribution in [1.82, 2.24) is 19.9 Å². The van der Waals surface area contributed by atoms with Crippen molar-refractivity contribution in [3.63, 3.8) is 0 Å². The molecular weight excluding hydrogens is 216 g/mol. The summed E-state index contributed by atoms with van der Waals surface area (Å²) in [7, 11) is 0. The molecule has 0 aliphatic carbocycles. The second-order valence-electron chi connectivity index (χ2n) is 3.13. The van der Waals surface area contributed by atoms with Crippen molar-refractivity contribution in [1.29, 1.82) is 0 Å². The summed E-state index contributed by atoms with van der Waals surface area (Å²) in [6.45, 7) is 0. The van der Waals surface area contributed by atoms with E-state index in [4.69, 9.17) is 11.6 Å². The smallest absolute Gasteiger partial charge is 0.260 e. The summed E-state index contributed by atoms with van der Waals surface area (Å²) in [5.41, 5.74) is 1.10. The first-order chi connectivity index (χ1) is 7.25. The van der Waals surface area contributed by atoms with Crippen molar-refractivity contribution in [2.75, 3.05) is 0 Å². The maximum atomic E-state index is 11.6. The molecule has 0 amide bonds. The predicted octanol–water partition coefficient (Wildman–Crippen LogP) is 1.45. The van der Waals surface area contributed by atoms with E-state index in [1.165, 1.54) is 6.33 Å². The molecule has 15 heavy (non-hydrogen) atoms. The molecule has 5 nitrogen and oxygen atoms in total. The monoisotopic (exact) mass is 220 g/mol. The number of nitrogens with zero attached hydrogens (tertiary/aromatic N) is 2. The van der Waals surface area contributed by atoms with Gasteiger partial charge in [0.2, 0.25) is 0 Å². The Morgan fingerprint density at radius 1 is 1.33 bits per heavy atom. The van der Waals surface area contributed by atoms with Crippen molar-refractivity contribution in [3.05, 3.63) is 34.1 Å². The zero-order valence-electron chi connectivity index (χ0n) is 7.41. The molecule has 2 N–H and O–H groups in total. The molecule has 3 heterocycles. The Balaban J connectivity index is 2.67. The molecule has 0 atom stereocenters. The van der Waals surface area contributed by atoms with Gasteiger partial charge in [-0.05, 0) is 6.07 Å². The zero-order chi connectivity index (χ0) is 10.4. The summed E-state index contributed by atoms with van der Waals surface area (Å²) in [6.07, 6.45) is 2.94. The van der Waals surface area contributed by atoms with Crippen molar-refractivity contribution in [3.8, 4) is 0 Å². The summed E-state index contributed by atoms with van der Waals surface area (Å²) < 4.78 is 0. The van der Waals surface area contributed by atoms with Gasteiger partial charge in [0, 0.05) is 5.39 Å². The molecule has 3 rings (SSSR count). The molecule has 0 fully saturated rings. The maximum Gasteiger partial charge on any atom is 0.260 e. The predicted molar refractivity (Wildman–Crippen MR) is 57.0 cm³/mol. The first-order valence-corrected chi connectivity index (χ1v) is 4.64. The van der Waals surface area contributed by atoms with Gasteiger partial charge in [-0.25, -0.2) is 9.97 Å². The third kappa shape index (κ3) is 1.13. The quantitative estimate of drug-likeness (QED) is 0.563. The third-order valence-corrected chi connectivity index (χ3v) is 2.45. The van der Waals surface area contributed by atoms with E-state index in [1.807, 2.05) is 0 Å². The number of pyridine rings is 1. The van der Waals surface area contributed by atoms with Crippen LogP contribution in [0.1, 0.15) is 0 Å². The highest BCUT2D eigenvalue weighted by Gasteiger charge is 2.08. The summed E-state index contributed by atoms with van der Waals surface area (Å²) in [5.74, 6) is 0. The summed E-state index contributed by atoms with van der Waals surface area (Å²) in [6, 6.07) is 1.65. The van der Waals surface area contributed by atoms with E-state index in [0.29, 0.717) is 16.2 Å². The second kappa shape index (κ2) is 2.80. The highest BCUT2D eigenvalue weighted by Crippen LogP contribution is 2.22. The summed E-state index contributed by atoms with van der Waals surface area (Å²) in [5, 5.41) is 1.60. The van der Waals surface area contributed by atoms with Crippen LogP contribution in [0.15, 0.2) is 23.4 Å². The molecule has 74 valence electrons. The fourth-order valence-electron chi connectivity index (χ4n) is 1.61. The van der Waals surface area contributed by atoms with Crippen LogP contribution in [0.5, 0.6) is 0 Å². The average Bonchev–Trinajstić information content (AvgIpc) is 2.57. The molecular formula is C9H5ClN4O. The van der Waals surface area contributed by atoms with E-state index >= 15 is 0 Å². The van der Waals surface area contributed by atoms with Crippen LogP contribution in [-0.2, 0) is 0 Å². The lowest BCUT2D eigenvalue weighted by Crippen LogP contribution is -2.04. The van der Waals surface area contributed by atoms with Gasteiger partial charge in [0.05, 0.1) is 23.4 Å². The summed E-state index contributed by atoms with van der Waals surface area (Å²) in [4.78, 5) is 25.1. The highest BCUT2D eigenvalue weighted by atomic mass is 35.5. The van der Waals surface area contributed by atoms with Crippen LogP contribution in [0.3, 0.4) is 0 Å². The maximum absolute atomic E-state index is 11.6. The van der Waals surface area contributed by atoms with E-state index in [1.54, 1.807) is 12.3 Å². The second-order valence-corrected chi connectivity index (χ2v) is 3.52. The lowest BCUT2D eigenvalue weighted by molar-refractivity contribution is 1.16. The molecule has 3 aromatic heterocycles. The minimum absolute atomic E-state index is 0.187. The van der Waals surface area contributed by atoms with E-state index in [9.17, 15) is 4.79 Å². The summed E-state index contributed by atoms with van der Waals surface area (Å²) >= 11 is 5.77. The van der Waals surface area contributed by atoms with Gasteiger partial charge in [-0.2, -0.15) is 0 Å². The number of hydrogen-bond acceptors (Lipinski definition) is 3. The number of H-pyrrole nitrogens is 2. The zero-order valence-corrected chi connectivity index (χ0v) is 8.17. The minimum atomic E-state index is -0.187. The van der Waals surface area contributed by atoms with Gasteiger partial charge >= 0.3 is 0 Å². The molecule has 0 bridgehead atoms. The number of hydrogen-bond donors (Lipinski definition) is 2. The normalized spacial score (nSPS) is 11.3. The van der Waals surface area contributed by atoms with Gasteiger partial charge in [-0.1, -0.05) is 11.6 Å². The Bertz CT molecular complexity index is 715. The number of nitrogens with one attached hydrogen (secondary N) is 2. The van der Waals surface area contributed by atoms with Crippen LogP contribution >= 0.6 is 11.6 Å².